The molecule has 0 heterocycles. The van der Waals surface area contributed by atoms with Gasteiger partial charge in [-0.25, -0.2) is 4.39 Å². The second-order valence-corrected chi connectivity index (χ2v) is 6.14. The Morgan fingerprint density at radius 2 is 1.63 bits per heavy atom. The monoisotopic (exact) mass is 365 g/mol. The Morgan fingerprint density at radius 3 is 2.26 bits per heavy atom. The maximum Gasteiger partial charge on any atom is 0.305 e. The van der Waals surface area contributed by atoms with Gasteiger partial charge in [0, 0.05) is 5.69 Å². The van der Waals surface area contributed by atoms with Gasteiger partial charge in [0.05, 0.1) is 12.5 Å². The van der Waals surface area contributed by atoms with Crippen LogP contribution in [0.5, 0.6) is 5.75 Å². The summed E-state index contributed by atoms with van der Waals surface area (Å²) in [5.74, 6) is -0.548. The lowest BCUT2D eigenvalue weighted by atomic mass is 10.0. The summed E-state index contributed by atoms with van der Waals surface area (Å²) >= 11 is 0. The van der Waals surface area contributed by atoms with Crippen molar-refractivity contribution in [2.45, 2.75) is 19.1 Å². The van der Waals surface area contributed by atoms with Crippen LogP contribution in [0, 0.1) is 5.82 Å². The summed E-state index contributed by atoms with van der Waals surface area (Å²) in [6.45, 7) is 0.465. The van der Waals surface area contributed by atoms with Gasteiger partial charge in [-0.3, -0.25) is 4.79 Å². The summed E-state index contributed by atoms with van der Waals surface area (Å²) < 4.78 is 18.8. The second-order valence-electron chi connectivity index (χ2n) is 6.14. The molecule has 0 aliphatic rings. The first-order valence-electron chi connectivity index (χ1n) is 8.61. The molecule has 0 saturated carbocycles. The van der Waals surface area contributed by atoms with Gasteiger partial charge in [-0.05, 0) is 47.5 Å². The molecule has 27 heavy (non-hydrogen) atoms. The SMILES string of the molecule is O=C(O)C[C@H](Nc1ccc(F)cc1)c1ccc(OCc2ccccc2)cc1. The highest BCUT2D eigenvalue weighted by molar-refractivity contribution is 5.69. The number of nitrogens with one attached hydrogen (secondary N) is 1. The summed E-state index contributed by atoms with van der Waals surface area (Å²) in [6.07, 6.45) is -0.0956. The van der Waals surface area contributed by atoms with E-state index in [-0.39, 0.29) is 12.2 Å². The van der Waals surface area contributed by atoms with Gasteiger partial charge in [-0.15, -0.1) is 0 Å². The summed E-state index contributed by atoms with van der Waals surface area (Å²) in [6, 6.07) is 22.6. The highest BCUT2D eigenvalue weighted by Gasteiger charge is 2.16. The number of aliphatic carboxylic acids is 1. The van der Waals surface area contributed by atoms with Gasteiger partial charge in [0.2, 0.25) is 0 Å². The predicted octanol–water partition coefficient (Wildman–Crippen LogP) is 5.03. The van der Waals surface area contributed by atoms with Crippen LogP contribution in [0.2, 0.25) is 0 Å². The first kappa shape index (κ1) is 18.5. The molecule has 0 amide bonds. The van der Waals surface area contributed by atoms with Crippen LogP contribution in [0.1, 0.15) is 23.6 Å². The fourth-order valence-electron chi connectivity index (χ4n) is 2.71. The number of anilines is 1. The summed E-state index contributed by atoms with van der Waals surface area (Å²) in [5, 5.41) is 12.4. The normalized spacial score (nSPS) is 11.6. The van der Waals surface area contributed by atoms with E-state index in [2.05, 4.69) is 5.32 Å². The minimum atomic E-state index is -0.918. The fourth-order valence-corrected chi connectivity index (χ4v) is 2.71. The molecule has 0 aromatic heterocycles. The molecule has 0 saturated heterocycles. The van der Waals surface area contributed by atoms with Gasteiger partial charge in [0.25, 0.3) is 0 Å². The van der Waals surface area contributed by atoms with Crippen LogP contribution in [-0.4, -0.2) is 11.1 Å². The quantitative estimate of drug-likeness (QED) is 0.588. The zero-order valence-electron chi connectivity index (χ0n) is 14.6. The molecule has 3 rings (SSSR count). The van der Waals surface area contributed by atoms with E-state index in [4.69, 9.17) is 4.74 Å². The van der Waals surface area contributed by atoms with Gasteiger partial charge in [-0.2, -0.15) is 0 Å². The predicted molar refractivity (Wildman–Crippen MR) is 102 cm³/mol. The molecule has 3 aromatic rings. The molecule has 138 valence electrons. The lowest BCUT2D eigenvalue weighted by molar-refractivity contribution is -0.137. The summed E-state index contributed by atoms with van der Waals surface area (Å²) in [5.41, 5.74) is 2.55. The van der Waals surface area contributed by atoms with E-state index in [0.29, 0.717) is 18.0 Å². The Morgan fingerprint density at radius 1 is 0.963 bits per heavy atom. The number of hydrogen-bond acceptors (Lipinski definition) is 3. The third-order valence-electron chi connectivity index (χ3n) is 4.09. The molecule has 1 atom stereocenters. The van der Waals surface area contributed by atoms with Crippen molar-refractivity contribution in [3.05, 3.63) is 95.8 Å². The molecule has 4 nitrogen and oxygen atoms in total. The maximum absolute atomic E-state index is 13.1. The molecule has 5 heteroatoms. The van der Waals surface area contributed by atoms with Gasteiger partial charge < -0.3 is 15.2 Å². The van der Waals surface area contributed by atoms with Crippen LogP contribution in [-0.2, 0) is 11.4 Å². The van der Waals surface area contributed by atoms with Crippen molar-refractivity contribution in [3.8, 4) is 5.75 Å². The van der Waals surface area contributed by atoms with Crippen molar-refractivity contribution in [2.75, 3.05) is 5.32 Å². The minimum Gasteiger partial charge on any atom is -0.489 e. The van der Waals surface area contributed by atoms with Crippen LogP contribution >= 0.6 is 0 Å². The Balaban J connectivity index is 1.68. The van der Waals surface area contributed by atoms with E-state index in [0.717, 1.165) is 11.1 Å². The van der Waals surface area contributed by atoms with Crippen LogP contribution in [0.3, 0.4) is 0 Å². The molecule has 0 fully saturated rings. The van der Waals surface area contributed by atoms with Crippen LogP contribution in [0.25, 0.3) is 0 Å². The molecular weight excluding hydrogens is 345 g/mol. The van der Waals surface area contributed by atoms with E-state index < -0.39 is 12.0 Å². The van der Waals surface area contributed by atoms with Crippen LogP contribution < -0.4 is 10.1 Å². The van der Waals surface area contributed by atoms with Crippen LogP contribution in [0.4, 0.5) is 10.1 Å². The topological polar surface area (TPSA) is 58.6 Å². The third-order valence-corrected chi connectivity index (χ3v) is 4.09. The van der Waals surface area contributed by atoms with Crippen LogP contribution in [0.15, 0.2) is 78.9 Å². The number of carboxylic acids is 1. The second kappa shape index (κ2) is 8.85. The number of benzene rings is 3. The lowest BCUT2D eigenvalue weighted by Gasteiger charge is -2.19. The van der Waals surface area contributed by atoms with Gasteiger partial charge in [0.1, 0.15) is 18.2 Å². The van der Waals surface area contributed by atoms with Gasteiger partial charge in [0.15, 0.2) is 0 Å². The Kier molecular flexibility index (Phi) is 6.05. The first-order valence-corrected chi connectivity index (χ1v) is 8.61. The molecule has 0 aliphatic carbocycles. The molecule has 3 aromatic carbocycles. The molecule has 2 N–H and O–H groups in total. The maximum atomic E-state index is 13.1. The van der Waals surface area contributed by atoms with Crippen molar-refractivity contribution in [1.29, 1.82) is 0 Å². The number of carbonyl (C=O) groups is 1. The zero-order valence-corrected chi connectivity index (χ0v) is 14.6. The first-order chi connectivity index (χ1) is 13.1. The van der Waals surface area contributed by atoms with E-state index >= 15 is 0 Å². The Bertz CT molecular complexity index is 864. The molecular formula is C22H20FNO3. The standard InChI is InChI=1S/C22H20FNO3/c23-18-8-10-19(11-9-18)24-21(14-22(25)26)17-6-12-20(13-7-17)27-15-16-4-2-1-3-5-16/h1-13,21,24H,14-15H2,(H,25,26)/t21-/m0/s1. The minimum absolute atomic E-state index is 0.0956. The number of rotatable bonds is 8. The summed E-state index contributed by atoms with van der Waals surface area (Å²) in [4.78, 5) is 11.2. The number of ether oxygens (including phenoxy) is 1. The molecule has 0 radical (unpaired) electrons. The highest BCUT2D eigenvalue weighted by atomic mass is 19.1. The smallest absolute Gasteiger partial charge is 0.305 e. The lowest BCUT2D eigenvalue weighted by Crippen LogP contribution is -2.15. The average molecular weight is 365 g/mol. The number of carboxylic acid groups (broad SMARTS) is 1. The van der Waals surface area contributed by atoms with Gasteiger partial charge in [-0.1, -0.05) is 42.5 Å². The van der Waals surface area contributed by atoms with Crippen molar-refractivity contribution < 1.29 is 19.0 Å². The molecule has 0 spiro atoms. The van der Waals surface area contributed by atoms with Crippen molar-refractivity contribution in [3.63, 3.8) is 0 Å². The molecule has 0 unspecified atom stereocenters. The average Bonchev–Trinajstić information content (AvgIpc) is 2.68. The third kappa shape index (κ3) is 5.57. The largest absolute Gasteiger partial charge is 0.489 e. The summed E-state index contributed by atoms with van der Waals surface area (Å²) in [7, 11) is 0. The zero-order chi connectivity index (χ0) is 19.1. The highest BCUT2D eigenvalue weighted by Crippen LogP contribution is 2.25. The Hall–Kier alpha value is -3.34. The molecule has 0 aliphatic heterocycles. The van der Waals surface area contributed by atoms with Crippen molar-refractivity contribution in [1.82, 2.24) is 0 Å². The molecule has 0 bridgehead atoms. The van der Waals surface area contributed by atoms with Gasteiger partial charge >= 0.3 is 5.97 Å². The van der Waals surface area contributed by atoms with E-state index in [1.165, 1.54) is 12.1 Å². The number of halogens is 1. The number of hydrogen-bond donors (Lipinski definition) is 2. The van der Waals surface area contributed by atoms with Crippen molar-refractivity contribution in [2.24, 2.45) is 0 Å². The van der Waals surface area contributed by atoms with E-state index in [1.807, 2.05) is 54.6 Å². The fraction of sp³-hybridized carbons (Fsp3) is 0.136. The van der Waals surface area contributed by atoms with Crippen molar-refractivity contribution >= 4 is 11.7 Å². The Labute approximate surface area is 157 Å². The van der Waals surface area contributed by atoms with E-state index in [1.54, 1.807) is 12.1 Å². The van der Waals surface area contributed by atoms with E-state index in [9.17, 15) is 14.3 Å².